The van der Waals surface area contributed by atoms with Crippen LogP contribution in [0.4, 0.5) is 11.4 Å². The number of hydrogen-bond donors (Lipinski definition) is 2. The van der Waals surface area contributed by atoms with Crippen molar-refractivity contribution in [3.8, 4) is 5.75 Å². The first-order valence-corrected chi connectivity index (χ1v) is 12.2. The second kappa shape index (κ2) is 10.1. The van der Waals surface area contributed by atoms with E-state index in [1.165, 1.54) is 11.8 Å². The zero-order valence-electron chi connectivity index (χ0n) is 19.8. The molecule has 4 aromatic rings. The Balaban J connectivity index is 1.38. The van der Waals surface area contributed by atoms with Crippen LogP contribution in [0.3, 0.4) is 0 Å². The number of para-hydroxylation sites is 1. The predicted octanol–water partition coefficient (Wildman–Crippen LogP) is 5.49. The van der Waals surface area contributed by atoms with Crippen LogP contribution in [0.1, 0.15) is 11.1 Å². The summed E-state index contributed by atoms with van der Waals surface area (Å²) in [4.78, 5) is 30.5. The highest BCUT2D eigenvalue weighted by atomic mass is 32.2. The van der Waals surface area contributed by atoms with E-state index >= 15 is 0 Å². The molecule has 1 aromatic heterocycles. The van der Waals surface area contributed by atoms with Gasteiger partial charge in [0.1, 0.15) is 12.3 Å². The number of rotatable bonds is 6. The molecule has 0 saturated carbocycles. The summed E-state index contributed by atoms with van der Waals surface area (Å²) in [6, 6.07) is 22.8. The number of nitrogens with zero attached hydrogens (tertiary/aromatic N) is 2. The van der Waals surface area contributed by atoms with Crippen molar-refractivity contribution in [2.45, 2.75) is 13.5 Å². The van der Waals surface area contributed by atoms with Gasteiger partial charge in [-0.05, 0) is 72.8 Å². The molecule has 1 aliphatic heterocycles. The lowest BCUT2D eigenvalue weighted by Crippen LogP contribution is -2.19. The van der Waals surface area contributed by atoms with Crippen molar-refractivity contribution < 1.29 is 14.3 Å². The van der Waals surface area contributed by atoms with E-state index in [9.17, 15) is 9.59 Å². The van der Waals surface area contributed by atoms with Crippen molar-refractivity contribution in [2.24, 2.45) is 4.99 Å². The highest BCUT2D eigenvalue weighted by Gasteiger charge is 2.24. The van der Waals surface area contributed by atoms with Crippen LogP contribution in [0.15, 0.2) is 88.9 Å². The quantitative estimate of drug-likeness (QED) is 0.346. The van der Waals surface area contributed by atoms with E-state index in [1.807, 2.05) is 96.6 Å². The zero-order valence-corrected chi connectivity index (χ0v) is 20.6. The molecule has 180 valence electrons. The van der Waals surface area contributed by atoms with Crippen molar-refractivity contribution in [1.82, 2.24) is 9.88 Å². The first-order valence-electron chi connectivity index (χ1n) is 11.4. The van der Waals surface area contributed by atoms with Crippen LogP contribution in [-0.4, -0.2) is 28.7 Å². The van der Waals surface area contributed by atoms with Crippen LogP contribution < -0.4 is 15.4 Å². The van der Waals surface area contributed by atoms with Gasteiger partial charge in [0, 0.05) is 28.4 Å². The number of carbonyl (C=O) groups is 2. The molecular formula is C28H24N4O3S. The number of amidine groups is 1. The third-order valence-corrected chi connectivity index (χ3v) is 6.59. The fourth-order valence-corrected chi connectivity index (χ4v) is 4.83. The molecule has 0 radical (unpaired) electrons. The standard InChI is InChI=1S/C28H24N4O3S/c1-18-6-5-7-21(14-18)29-26(33)17-32-16-19(23-8-3-4-9-24(23)32)15-25-27(34)31-28(36-25)30-20-10-12-22(35-2)13-11-20/h3-16H,17H2,1-2H3,(H,29,33)(H,30,31,34)/b25-15+. The van der Waals surface area contributed by atoms with E-state index in [2.05, 4.69) is 15.6 Å². The second-order valence-corrected chi connectivity index (χ2v) is 9.36. The van der Waals surface area contributed by atoms with E-state index in [1.54, 1.807) is 7.11 Å². The molecule has 2 heterocycles. The number of hydrogen-bond acceptors (Lipinski definition) is 5. The maximum Gasteiger partial charge on any atom is 0.264 e. The maximum absolute atomic E-state index is 12.8. The summed E-state index contributed by atoms with van der Waals surface area (Å²) in [5.74, 6) is 0.412. The third-order valence-electron chi connectivity index (χ3n) is 5.68. The topological polar surface area (TPSA) is 84.7 Å². The highest BCUT2D eigenvalue weighted by Crippen LogP contribution is 2.31. The number of anilines is 1. The Kier molecular flexibility index (Phi) is 6.60. The second-order valence-electron chi connectivity index (χ2n) is 8.33. The van der Waals surface area contributed by atoms with Crippen LogP contribution in [-0.2, 0) is 16.1 Å². The maximum atomic E-state index is 12.8. The van der Waals surface area contributed by atoms with Crippen molar-refractivity contribution in [3.63, 3.8) is 0 Å². The Labute approximate surface area is 212 Å². The largest absolute Gasteiger partial charge is 0.497 e. The molecule has 8 heteroatoms. The van der Waals surface area contributed by atoms with Crippen LogP contribution in [0.25, 0.3) is 17.0 Å². The van der Waals surface area contributed by atoms with E-state index < -0.39 is 0 Å². The molecule has 0 atom stereocenters. The Bertz CT molecular complexity index is 1520. The average Bonchev–Trinajstić information content (AvgIpc) is 3.39. The highest BCUT2D eigenvalue weighted by molar-refractivity contribution is 8.18. The van der Waals surface area contributed by atoms with Gasteiger partial charge in [0.05, 0.1) is 17.7 Å². The minimum Gasteiger partial charge on any atom is -0.497 e. The van der Waals surface area contributed by atoms with Gasteiger partial charge in [-0.25, -0.2) is 4.99 Å². The van der Waals surface area contributed by atoms with Gasteiger partial charge in [-0.2, -0.15) is 0 Å². The van der Waals surface area contributed by atoms with Gasteiger partial charge in [-0.15, -0.1) is 0 Å². The number of carbonyl (C=O) groups excluding carboxylic acids is 2. The van der Waals surface area contributed by atoms with Gasteiger partial charge in [-0.3, -0.25) is 9.59 Å². The van der Waals surface area contributed by atoms with Crippen molar-refractivity contribution in [2.75, 3.05) is 12.4 Å². The first-order chi connectivity index (χ1) is 17.5. The molecule has 2 N–H and O–H groups in total. The van der Waals surface area contributed by atoms with Crippen LogP contribution in [0, 0.1) is 6.92 Å². The van der Waals surface area contributed by atoms with Crippen LogP contribution in [0.5, 0.6) is 5.75 Å². The Morgan fingerprint density at radius 2 is 1.92 bits per heavy atom. The minimum atomic E-state index is -0.207. The number of nitrogens with one attached hydrogen (secondary N) is 2. The molecule has 0 bridgehead atoms. The van der Waals surface area contributed by atoms with Gasteiger partial charge in [0.25, 0.3) is 5.91 Å². The van der Waals surface area contributed by atoms with Crippen LogP contribution >= 0.6 is 11.8 Å². The van der Waals surface area contributed by atoms with Gasteiger partial charge < -0.3 is 19.9 Å². The average molecular weight is 497 g/mol. The monoisotopic (exact) mass is 496 g/mol. The van der Waals surface area contributed by atoms with E-state index in [4.69, 9.17) is 4.74 Å². The lowest BCUT2D eigenvalue weighted by Gasteiger charge is -2.08. The molecule has 0 spiro atoms. The molecule has 36 heavy (non-hydrogen) atoms. The first kappa shape index (κ1) is 23.4. The number of ether oxygens (including phenoxy) is 1. The summed E-state index contributed by atoms with van der Waals surface area (Å²) in [7, 11) is 1.61. The van der Waals surface area contributed by atoms with E-state index in [-0.39, 0.29) is 18.4 Å². The van der Waals surface area contributed by atoms with Gasteiger partial charge in [0.2, 0.25) is 5.91 Å². The fourth-order valence-electron chi connectivity index (χ4n) is 3.99. The molecule has 1 fully saturated rings. The smallest absolute Gasteiger partial charge is 0.264 e. The lowest BCUT2D eigenvalue weighted by atomic mass is 10.1. The van der Waals surface area contributed by atoms with Crippen LogP contribution in [0.2, 0.25) is 0 Å². The fraction of sp³-hybridized carbons (Fsp3) is 0.107. The number of fused-ring (bicyclic) bond motifs is 1. The molecule has 7 nitrogen and oxygen atoms in total. The molecule has 2 amide bonds. The lowest BCUT2D eigenvalue weighted by molar-refractivity contribution is -0.117. The zero-order chi connectivity index (χ0) is 25.1. The normalized spacial score (nSPS) is 15.4. The minimum absolute atomic E-state index is 0.123. The Hall–Kier alpha value is -4.30. The van der Waals surface area contributed by atoms with Crippen molar-refractivity contribution >= 4 is 57.1 Å². The van der Waals surface area contributed by atoms with Crippen molar-refractivity contribution in [1.29, 1.82) is 0 Å². The molecule has 0 unspecified atom stereocenters. The summed E-state index contributed by atoms with van der Waals surface area (Å²) < 4.78 is 7.08. The molecule has 5 rings (SSSR count). The van der Waals surface area contributed by atoms with Gasteiger partial charge >= 0.3 is 0 Å². The molecule has 0 aliphatic carbocycles. The summed E-state index contributed by atoms with van der Waals surface area (Å²) in [6.07, 6.45) is 3.74. The third kappa shape index (κ3) is 5.18. The molecule has 3 aromatic carbocycles. The van der Waals surface area contributed by atoms with E-state index in [0.717, 1.165) is 39.2 Å². The van der Waals surface area contributed by atoms with Gasteiger partial charge in [0.15, 0.2) is 5.17 Å². The summed E-state index contributed by atoms with van der Waals surface area (Å²) in [5.41, 5.74) is 4.34. The Morgan fingerprint density at radius 1 is 1.11 bits per heavy atom. The van der Waals surface area contributed by atoms with E-state index in [0.29, 0.717) is 10.1 Å². The Morgan fingerprint density at radius 3 is 2.69 bits per heavy atom. The number of thioether (sulfide) groups is 1. The van der Waals surface area contributed by atoms with Gasteiger partial charge in [-0.1, -0.05) is 30.3 Å². The van der Waals surface area contributed by atoms with Crippen molar-refractivity contribution in [3.05, 3.63) is 95.0 Å². The SMILES string of the molecule is COc1ccc(N=C2NC(=O)/C(=C\c3cn(CC(=O)Nc4cccc(C)c4)c4ccccc34)S2)cc1. The number of benzene rings is 3. The number of amides is 2. The predicted molar refractivity (Wildman–Crippen MR) is 146 cm³/mol. The molecule has 1 aliphatic rings. The number of aromatic nitrogens is 1. The number of aliphatic imine (C=N–C) groups is 1. The number of methoxy groups -OCH3 is 1. The number of aryl methyl sites for hydroxylation is 1. The summed E-state index contributed by atoms with van der Waals surface area (Å²) >= 11 is 1.28. The summed E-state index contributed by atoms with van der Waals surface area (Å²) in [6.45, 7) is 2.14. The molecular weight excluding hydrogens is 472 g/mol. The molecule has 1 saturated heterocycles. The summed E-state index contributed by atoms with van der Waals surface area (Å²) in [5, 5.41) is 7.25.